The van der Waals surface area contributed by atoms with Crippen molar-refractivity contribution in [1.82, 2.24) is 0 Å². The molecule has 0 amide bonds. The third-order valence-corrected chi connectivity index (χ3v) is 6.12. The van der Waals surface area contributed by atoms with Gasteiger partial charge in [-0.15, -0.1) is 0 Å². The monoisotopic (exact) mass is 700 g/mol. The lowest BCUT2D eigenvalue weighted by Crippen LogP contribution is -2.15. The molecule has 0 radical (unpaired) electrons. The van der Waals surface area contributed by atoms with Crippen molar-refractivity contribution < 1.29 is 71.2 Å². The summed E-state index contributed by atoms with van der Waals surface area (Å²) in [6, 6.07) is 0. The first-order valence-corrected chi connectivity index (χ1v) is 17.3. The molecule has 0 atom stereocenters. The average molecular weight is 701 g/mol. The quantitative estimate of drug-likeness (QED) is 0.0676. The zero-order valence-corrected chi connectivity index (χ0v) is 29.6. The first kappa shape index (κ1) is 46.5. The summed E-state index contributed by atoms with van der Waals surface area (Å²) in [5, 5.41) is 0. The van der Waals surface area contributed by atoms with Gasteiger partial charge in [-0.05, 0) is 6.42 Å². The zero-order valence-electron chi connectivity index (χ0n) is 29.6. The Hall–Kier alpha value is -1.50. The van der Waals surface area contributed by atoms with Gasteiger partial charge in [0.1, 0.15) is 6.61 Å². The van der Waals surface area contributed by atoms with Crippen LogP contribution in [0, 0.1) is 0 Å². The fourth-order valence-corrected chi connectivity index (χ4v) is 3.54. The second kappa shape index (κ2) is 41.7. The van der Waals surface area contributed by atoms with Crippen molar-refractivity contribution in [3.63, 3.8) is 0 Å². The fourth-order valence-electron chi connectivity index (χ4n) is 3.54. The van der Waals surface area contributed by atoms with E-state index in [1.54, 1.807) is 0 Å². The third kappa shape index (κ3) is 40.7. The lowest BCUT2D eigenvalue weighted by molar-refractivity contribution is -0.145. The molecule has 0 unspecified atom stereocenters. The van der Waals surface area contributed by atoms with Gasteiger partial charge >= 0.3 is 11.9 Å². The molecule has 0 aliphatic rings. The van der Waals surface area contributed by atoms with Gasteiger partial charge in [0.05, 0.1) is 159 Å². The largest absolute Gasteiger partial charge is 0.469 e. The molecule has 0 aromatic carbocycles. The molecule has 15 heteroatoms. The van der Waals surface area contributed by atoms with E-state index in [1.807, 2.05) is 0 Å². The van der Waals surface area contributed by atoms with Crippen LogP contribution in [0.4, 0.5) is 0 Å². The van der Waals surface area contributed by atoms with Crippen molar-refractivity contribution in [1.29, 1.82) is 0 Å². The molecular formula is C33H64O15. The van der Waals surface area contributed by atoms with Crippen LogP contribution in [0.3, 0.4) is 0 Å². The molecule has 0 saturated carbocycles. The predicted octanol–water partition coefficient (Wildman–Crippen LogP) is 2.25. The summed E-state index contributed by atoms with van der Waals surface area (Å²) in [5.41, 5.74) is 0. The Kier molecular flexibility index (Phi) is 40.4. The van der Waals surface area contributed by atoms with E-state index in [2.05, 4.69) is 11.7 Å². The van der Waals surface area contributed by atoms with Gasteiger partial charge in [-0.25, -0.2) is 0 Å². The van der Waals surface area contributed by atoms with E-state index in [0.717, 1.165) is 25.7 Å². The summed E-state index contributed by atoms with van der Waals surface area (Å²) in [6.45, 7) is 12.7. The van der Waals surface area contributed by atoms with Gasteiger partial charge in [-0.3, -0.25) is 9.59 Å². The van der Waals surface area contributed by atoms with Crippen LogP contribution in [0.1, 0.15) is 45.4 Å². The highest BCUT2D eigenvalue weighted by atomic mass is 16.6. The Morgan fingerprint density at radius 1 is 0.333 bits per heavy atom. The number of carbonyl (C=O) groups excluding carboxylic acids is 2. The van der Waals surface area contributed by atoms with Crippen LogP contribution >= 0.6 is 0 Å². The number of ether oxygens (including phenoxy) is 13. The molecule has 15 nitrogen and oxygen atoms in total. The molecule has 0 aromatic rings. The molecule has 0 bridgehead atoms. The molecule has 0 fully saturated rings. The summed E-state index contributed by atoms with van der Waals surface area (Å²) in [6.07, 6.45) is 4.98. The van der Waals surface area contributed by atoms with E-state index in [-0.39, 0.29) is 25.0 Å². The maximum absolute atomic E-state index is 11.5. The zero-order chi connectivity index (χ0) is 34.9. The van der Waals surface area contributed by atoms with Crippen molar-refractivity contribution in [2.45, 2.75) is 45.4 Å². The molecule has 0 N–H and O–H groups in total. The summed E-state index contributed by atoms with van der Waals surface area (Å²) in [4.78, 5) is 22.5. The Morgan fingerprint density at radius 2 is 0.625 bits per heavy atom. The molecule has 0 aliphatic heterocycles. The fraction of sp³-hybridized carbons (Fsp3) is 0.939. The van der Waals surface area contributed by atoms with Crippen LogP contribution in [0.5, 0.6) is 0 Å². The number of methoxy groups -OCH3 is 1. The van der Waals surface area contributed by atoms with E-state index in [4.69, 9.17) is 56.8 Å². The number of hydrogen-bond acceptors (Lipinski definition) is 15. The van der Waals surface area contributed by atoms with Crippen molar-refractivity contribution in [2.75, 3.05) is 159 Å². The normalized spacial score (nSPS) is 11.3. The molecular weight excluding hydrogens is 636 g/mol. The lowest BCUT2D eigenvalue weighted by atomic mass is 10.2. The van der Waals surface area contributed by atoms with Gasteiger partial charge in [-0.1, -0.05) is 26.2 Å². The molecule has 0 heterocycles. The Bertz CT molecular complexity index is 657. The van der Waals surface area contributed by atoms with Gasteiger partial charge in [0, 0.05) is 6.42 Å². The van der Waals surface area contributed by atoms with E-state index < -0.39 is 0 Å². The molecule has 0 aliphatic carbocycles. The Balaban J connectivity index is 3.09. The summed E-state index contributed by atoms with van der Waals surface area (Å²) >= 11 is 0. The predicted molar refractivity (Wildman–Crippen MR) is 175 cm³/mol. The minimum atomic E-state index is -0.288. The number of rotatable bonds is 41. The van der Waals surface area contributed by atoms with E-state index in [1.165, 1.54) is 7.11 Å². The van der Waals surface area contributed by atoms with Crippen LogP contribution in [-0.2, 0) is 71.2 Å². The van der Waals surface area contributed by atoms with Crippen molar-refractivity contribution in [3.05, 3.63) is 0 Å². The van der Waals surface area contributed by atoms with Gasteiger partial charge in [0.2, 0.25) is 0 Å². The molecule has 48 heavy (non-hydrogen) atoms. The number of carbonyl (C=O) groups is 2. The third-order valence-electron chi connectivity index (χ3n) is 6.12. The minimum absolute atomic E-state index is 0.156. The summed E-state index contributed by atoms with van der Waals surface area (Å²) in [7, 11) is 1.35. The summed E-state index contributed by atoms with van der Waals surface area (Å²) in [5.74, 6) is -0.444. The van der Waals surface area contributed by atoms with Crippen molar-refractivity contribution >= 4 is 11.9 Å². The second-order valence-corrected chi connectivity index (χ2v) is 10.1. The SMILES string of the molecule is CCCCCCC(=O)OCCOCCOCCOCCOCCOCCOCCOCCOCCOCCOCCOCCC(=O)OC. The van der Waals surface area contributed by atoms with Gasteiger partial charge < -0.3 is 61.6 Å². The van der Waals surface area contributed by atoms with E-state index in [9.17, 15) is 9.59 Å². The van der Waals surface area contributed by atoms with Gasteiger partial charge in [-0.2, -0.15) is 0 Å². The number of hydrogen-bond donors (Lipinski definition) is 0. The van der Waals surface area contributed by atoms with Crippen LogP contribution in [-0.4, -0.2) is 171 Å². The highest BCUT2D eigenvalue weighted by Crippen LogP contribution is 2.03. The van der Waals surface area contributed by atoms with Gasteiger partial charge in [0.25, 0.3) is 0 Å². The topological polar surface area (TPSA) is 154 Å². The van der Waals surface area contributed by atoms with Crippen LogP contribution in [0.25, 0.3) is 0 Å². The van der Waals surface area contributed by atoms with Crippen LogP contribution in [0.15, 0.2) is 0 Å². The van der Waals surface area contributed by atoms with Crippen LogP contribution < -0.4 is 0 Å². The minimum Gasteiger partial charge on any atom is -0.469 e. The molecule has 0 saturated heterocycles. The van der Waals surface area contributed by atoms with E-state index >= 15 is 0 Å². The first-order chi connectivity index (χ1) is 23.7. The lowest BCUT2D eigenvalue weighted by Gasteiger charge is -2.09. The van der Waals surface area contributed by atoms with Crippen LogP contribution in [0.2, 0.25) is 0 Å². The Morgan fingerprint density at radius 3 is 0.917 bits per heavy atom. The van der Waals surface area contributed by atoms with Crippen molar-refractivity contribution in [3.8, 4) is 0 Å². The van der Waals surface area contributed by atoms with Gasteiger partial charge in [0.15, 0.2) is 0 Å². The number of unbranched alkanes of at least 4 members (excludes halogenated alkanes) is 3. The molecule has 286 valence electrons. The second-order valence-electron chi connectivity index (χ2n) is 10.1. The maximum atomic E-state index is 11.5. The summed E-state index contributed by atoms with van der Waals surface area (Å²) < 4.78 is 69.3. The molecule has 0 aromatic heterocycles. The standard InChI is InChI=1S/C33H64O15/c1-3-4-5-6-7-33(35)48-31-30-47-29-28-46-27-26-45-25-24-44-23-22-43-21-20-42-19-18-41-17-16-40-15-14-39-13-12-38-11-10-37-9-8-32(34)36-2/h3-31H2,1-2H3. The Labute approximate surface area is 287 Å². The van der Waals surface area contributed by atoms with E-state index in [0.29, 0.717) is 152 Å². The highest BCUT2D eigenvalue weighted by molar-refractivity contribution is 5.69. The smallest absolute Gasteiger partial charge is 0.307 e. The average Bonchev–Trinajstić information content (AvgIpc) is 3.09. The highest BCUT2D eigenvalue weighted by Gasteiger charge is 2.02. The molecule has 0 spiro atoms. The number of esters is 2. The first-order valence-electron chi connectivity index (χ1n) is 17.3. The van der Waals surface area contributed by atoms with Crippen molar-refractivity contribution in [2.24, 2.45) is 0 Å². The maximum Gasteiger partial charge on any atom is 0.307 e. The molecule has 0 rings (SSSR count).